The van der Waals surface area contributed by atoms with Crippen LogP contribution in [0.4, 0.5) is 0 Å². The number of nitrogens with two attached hydrogens (primary N) is 2. The molecule has 0 heterocycles. The molecule has 0 unspecified atom stereocenters. The van der Waals surface area contributed by atoms with Crippen LogP contribution in [0, 0.1) is 0 Å². The van der Waals surface area contributed by atoms with Crippen LogP contribution in [0.25, 0.3) is 0 Å². The molecule has 0 fully saturated rings. The Balaban J connectivity index is 3.12. The van der Waals surface area contributed by atoms with E-state index in [1.165, 1.54) is 186 Å². The van der Waals surface area contributed by atoms with Crippen molar-refractivity contribution in [2.75, 3.05) is 0 Å². The van der Waals surface area contributed by atoms with Crippen LogP contribution in [0.2, 0.25) is 0 Å². The fourth-order valence-corrected chi connectivity index (χ4v) is 6.18. The molecular weight excluding hydrogens is 552 g/mol. The van der Waals surface area contributed by atoms with Crippen LogP contribution in [0.15, 0.2) is 24.3 Å². The molecule has 4 nitrogen and oxygen atoms in total. The maximum Gasteiger partial charge on any atom is 0.217 e. The Morgan fingerprint density at radius 3 is 0.600 bits per heavy atom. The van der Waals surface area contributed by atoms with Gasteiger partial charge in [0, 0.05) is 12.8 Å². The van der Waals surface area contributed by atoms with Crippen molar-refractivity contribution >= 4 is 11.8 Å². The summed E-state index contributed by atoms with van der Waals surface area (Å²) in [5.41, 5.74) is 10.3. The Labute approximate surface area is 281 Å². The van der Waals surface area contributed by atoms with Crippen LogP contribution in [-0.2, 0) is 9.59 Å². The first-order valence-corrected chi connectivity index (χ1v) is 20.0. The fraction of sp³-hybridized carbons (Fsp3) is 0.854. The molecular formula is C41H78N2O2. The van der Waals surface area contributed by atoms with E-state index in [4.69, 9.17) is 11.5 Å². The van der Waals surface area contributed by atoms with E-state index in [2.05, 4.69) is 24.3 Å². The van der Waals surface area contributed by atoms with Crippen molar-refractivity contribution in [2.45, 2.75) is 225 Å². The Morgan fingerprint density at radius 2 is 0.422 bits per heavy atom. The van der Waals surface area contributed by atoms with Gasteiger partial charge in [0.15, 0.2) is 0 Å². The van der Waals surface area contributed by atoms with Gasteiger partial charge < -0.3 is 11.5 Å². The van der Waals surface area contributed by atoms with Gasteiger partial charge in [-0.1, -0.05) is 172 Å². The van der Waals surface area contributed by atoms with Gasteiger partial charge in [-0.2, -0.15) is 0 Å². The monoisotopic (exact) mass is 631 g/mol. The summed E-state index contributed by atoms with van der Waals surface area (Å²) in [7, 11) is 0. The zero-order chi connectivity index (χ0) is 32.7. The van der Waals surface area contributed by atoms with Gasteiger partial charge >= 0.3 is 0 Å². The summed E-state index contributed by atoms with van der Waals surface area (Å²) in [5.74, 6) is -0.326. The third-order valence-electron chi connectivity index (χ3n) is 9.16. The van der Waals surface area contributed by atoms with Gasteiger partial charge in [-0.3, -0.25) is 9.59 Å². The van der Waals surface area contributed by atoms with Crippen LogP contribution in [0.3, 0.4) is 0 Å². The lowest BCUT2D eigenvalue weighted by molar-refractivity contribution is -0.119. The molecule has 45 heavy (non-hydrogen) atoms. The van der Waals surface area contributed by atoms with Crippen LogP contribution < -0.4 is 11.5 Å². The second kappa shape index (κ2) is 38.6. The minimum Gasteiger partial charge on any atom is -0.370 e. The summed E-state index contributed by atoms with van der Waals surface area (Å²) in [6.45, 7) is 0. The topological polar surface area (TPSA) is 86.2 Å². The van der Waals surface area contributed by atoms with E-state index >= 15 is 0 Å². The normalized spacial score (nSPS) is 11.7. The first-order valence-electron chi connectivity index (χ1n) is 20.0. The van der Waals surface area contributed by atoms with Crippen LogP contribution >= 0.6 is 0 Å². The van der Waals surface area contributed by atoms with Gasteiger partial charge in [-0.15, -0.1) is 0 Å². The van der Waals surface area contributed by atoms with E-state index in [0.29, 0.717) is 12.8 Å². The van der Waals surface area contributed by atoms with E-state index in [-0.39, 0.29) is 11.8 Å². The summed E-state index contributed by atoms with van der Waals surface area (Å²) in [5, 5.41) is 0. The van der Waals surface area contributed by atoms with Crippen molar-refractivity contribution in [1.29, 1.82) is 0 Å². The fourth-order valence-electron chi connectivity index (χ4n) is 6.18. The Bertz CT molecular complexity index is 616. The molecule has 0 aliphatic carbocycles. The zero-order valence-electron chi connectivity index (χ0n) is 30.0. The lowest BCUT2D eigenvalue weighted by Crippen LogP contribution is -2.09. The van der Waals surface area contributed by atoms with Crippen molar-refractivity contribution in [1.82, 2.24) is 0 Å². The lowest BCUT2D eigenvalue weighted by Gasteiger charge is -2.04. The SMILES string of the molecule is NC(=O)CCCCCCC/C=C\CCCCCCCCCCCCCCCCCCCCC/C=C\CCCCCCCC(N)=O. The van der Waals surface area contributed by atoms with Gasteiger partial charge in [0.2, 0.25) is 11.8 Å². The highest BCUT2D eigenvalue weighted by molar-refractivity contribution is 5.73. The molecule has 4 N–H and O–H groups in total. The van der Waals surface area contributed by atoms with Crippen molar-refractivity contribution in [3.05, 3.63) is 24.3 Å². The number of unbranched alkanes of at least 4 members (excludes halogenated alkanes) is 30. The molecule has 0 bridgehead atoms. The molecule has 2 amide bonds. The Morgan fingerprint density at radius 1 is 0.267 bits per heavy atom. The van der Waals surface area contributed by atoms with Crippen LogP contribution in [0.5, 0.6) is 0 Å². The summed E-state index contributed by atoms with van der Waals surface area (Å²) in [4.78, 5) is 21.4. The molecule has 0 aromatic carbocycles. The van der Waals surface area contributed by atoms with Crippen molar-refractivity contribution in [2.24, 2.45) is 11.5 Å². The number of carbonyl (C=O) groups excluding carboxylic acids is 2. The van der Waals surface area contributed by atoms with E-state index in [1.807, 2.05) is 0 Å². The molecule has 0 spiro atoms. The number of allylic oxidation sites excluding steroid dienone is 4. The molecule has 0 radical (unpaired) electrons. The maximum absolute atomic E-state index is 10.7. The van der Waals surface area contributed by atoms with Gasteiger partial charge in [-0.25, -0.2) is 0 Å². The average molecular weight is 631 g/mol. The summed E-state index contributed by atoms with van der Waals surface area (Å²) in [6.07, 6.45) is 54.4. The first kappa shape index (κ1) is 43.4. The van der Waals surface area contributed by atoms with Gasteiger partial charge in [0.05, 0.1) is 0 Å². The molecule has 0 aromatic heterocycles. The molecule has 264 valence electrons. The number of hydrogen-bond acceptors (Lipinski definition) is 2. The second-order valence-electron chi connectivity index (χ2n) is 13.8. The van der Waals surface area contributed by atoms with Gasteiger partial charge in [0.25, 0.3) is 0 Å². The van der Waals surface area contributed by atoms with Crippen LogP contribution in [0.1, 0.15) is 225 Å². The number of carbonyl (C=O) groups is 2. The predicted octanol–water partition coefficient (Wildman–Crippen LogP) is 12.7. The third-order valence-corrected chi connectivity index (χ3v) is 9.16. The zero-order valence-corrected chi connectivity index (χ0v) is 30.0. The van der Waals surface area contributed by atoms with Gasteiger partial charge in [-0.05, 0) is 64.2 Å². The van der Waals surface area contributed by atoms with E-state index in [1.54, 1.807) is 0 Å². The number of hydrogen-bond donors (Lipinski definition) is 2. The highest BCUT2D eigenvalue weighted by Gasteiger charge is 1.97. The predicted molar refractivity (Wildman–Crippen MR) is 198 cm³/mol. The highest BCUT2D eigenvalue weighted by Crippen LogP contribution is 2.16. The molecule has 0 aliphatic heterocycles. The molecule has 0 aromatic rings. The van der Waals surface area contributed by atoms with E-state index < -0.39 is 0 Å². The largest absolute Gasteiger partial charge is 0.370 e. The summed E-state index contributed by atoms with van der Waals surface area (Å²) >= 11 is 0. The Hall–Kier alpha value is -1.58. The van der Waals surface area contributed by atoms with Gasteiger partial charge in [0.1, 0.15) is 0 Å². The standard InChI is InChI=1S/C41H78N2O2/c42-40(44)38-36-34-32-30-28-26-24-22-20-18-16-14-12-10-8-6-4-2-1-3-5-7-9-11-13-15-17-19-21-23-25-27-29-31-33-35-37-39-41(43)45/h22-25H,1-21,26-39H2,(H2,42,44)(H2,43,45)/b24-22-,25-23-. The van der Waals surface area contributed by atoms with Crippen molar-refractivity contribution in [3.8, 4) is 0 Å². The average Bonchev–Trinajstić information content (AvgIpc) is 3.02. The molecule has 0 saturated carbocycles. The molecule has 0 rings (SSSR count). The molecule has 0 aliphatic rings. The minimum atomic E-state index is -0.163. The van der Waals surface area contributed by atoms with Crippen molar-refractivity contribution in [3.63, 3.8) is 0 Å². The molecule has 0 saturated heterocycles. The first-order chi connectivity index (χ1) is 22.1. The Kier molecular flexibility index (Phi) is 37.2. The molecule has 0 atom stereocenters. The molecule has 4 heteroatoms. The van der Waals surface area contributed by atoms with E-state index in [0.717, 1.165) is 25.7 Å². The third kappa shape index (κ3) is 42.4. The maximum atomic E-state index is 10.7. The van der Waals surface area contributed by atoms with Crippen molar-refractivity contribution < 1.29 is 9.59 Å². The number of primary amides is 2. The quantitative estimate of drug-likeness (QED) is 0.0525. The highest BCUT2D eigenvalue weighted by atomic mass is 16.1. The second-order valence-corrected chi connectivity index (χ2v) is 13.8. The summed E-state index contributed by atoms with van der Waals surface area (Å²) in [6, 6.07) is 0. The summed E-state index contributed by atoms with van der Waals surface area (Å²) < 4.78 is 0. The van der Waals surface area contributed by atoms with Crippen LogP contribution in [-0.4, -0.2) is 11.8 Å². The lowest BCUT2D eigenvalue weighted by atomic mass is 10.0. The van der Waals surface area contributed by atoms with E-state index in [9.17, 15) is 9.59 Å². The number of amides is 2. The number of rotatable bonds is 38. The minimum absolute atomic E-state index is 0.163. The smallest absolute Gasteiger partial charge is 0.217 e.